The highest BCUT2D eigenvalue weighted by molar-refractivity contribution is 5.79. The molecule has 0 radical (unpaired) electrons. The highest BCUT2D eigenvalue weighted by Gasteiger charge is 2.26. The summed E-state index contributed by atoms with van der Waals surface area (Å²) in [5.74, 6) is 1.17. The van der Waals surface area contributed by atoms with Crippen LogP contribution in [-0.2, 0) is 17.9 Å². The third-order valence-electron chi connectivity index (χ3n) is 6.17. The van der Waals surface area contributed by atoms with Crippen molar-refractivity contribution in [3.63, 3.8) is 0 Å². The Morgan fingerprint density at radius 3 is 2.31 bits per heavy atom. The smallest absolute Gasteiger partial charge is 0.223 e. The topological polar surface area (TPSA) is 41.6 Å². The summed E-state index contributed by atoms with van der Waals surface area (Å²) in [6.07, 6.45) is 1.80. The van der Waals surface area contributed by atoms with E-state index in [4.69, 9.17) is 4.74 Å². The van der Waals surface area contributed by atoms with E-state index in [1.165, 1.54) is 11.1 Å². The van der Waals surface area contributed by atoms with Crippen LogP contribution >= 0.6 is 0 Å². The lowest BCUT2D eigenvalue weighted by atomic mass is 9.95. The second-order valence-electron chi connectivity index (χ2n) is 8.61. The minimum atomic E-state index is 0.0420. The predicted molar refractivity (Wildman–Crippen MR) is 128 cm³/mol. The maximum absolute atomic E-state index is 12.7. The second kappa shape index (κ2) is 11.0. The Bertz CT molecular complexity index is 983. The molecular formula is C28H32N2O2. The number of rotatable bonds is 8. The molecule has 1 saturated heterocycles. The molecule has 166 valence electrons. The van der Waals surface area contributed by atoms with E-state index in [0.717, 1.165) is 43.8 Å². The summed E-state index contributed by atoms with van der Waals surface area (Å²) in [5, 5.41) is 3.19. The summed E-state index contributed by atoms with van der Waals surface area (Å²) < 4.78 is 5.97. The van der Waals surface area contributed by atoms with Gasteiger partial charge in [0.25, 0.3) is 0 Å². The van der Waals surface area contributed by atoms with E-state index in [-0.39, 0.29) is 17.9 Å². The zero-order valence-electron chi connectivity index (χ0n) is 18.7. The van der Waals surface area contributed by atoms with Gasteiger partial charge in [-0.2, -0.15) is 0 Å². The first kappa shape index (κ1) is 22.1. The number of carbonyl (C=O) groups excluding carboxylic acids is 1. The van der Waals surface area contributed by atoms with Gasteiger partial charge in [-0.15, -0.1) is 0 Å². The minimum Gasteiger partial charge on any atom is -0.489 e. The summed E-state index contributed by atoms with van der Waals surface area (Å²) in [6.45, 7) is 5.39. The molecule has 32 heavy (non-hydrogen) atoms. The molecule has 0 spiro atoms. The van der Waals surface area contributed by atoms with Crippen LogP contribution in [-0.4, -0.2) is 23.9 Å². The van der Waals surface area contributed by atoms with Crippen LogP contribution in [0.1, 0.15) is 42.5 Å². The molecule has 1 N–H and O–H groups in total. The SMILES string of the molecule is C[C@@H](NC(=O)C1CCN(Cc2cccc(OCc3ccccc3)c2)CC1)c1ccccc1. The molecule has 4 rings (SSSR count). The Morgan fingerprint density at radius 1 is 0.938 bits per heavy atom. The Kier molecular flexibility index (Phi) is 7.57. The molecule has 1 amide bonds. The number of ether oxygens (including phenoxy) is 1. The number of benzene rings is 3. The zero-order chi connectivity index (χ0) is 22.2. The van der Waals surface area contributed by atoms with Crippen LogP contribution in [0.3, 0.4) is 0 Å². The van der Waals surface area contributed by atoms with Crippen molar-refractivity contribution in [3.05, 3.63) is 102 Å². The zero-order valence-corrected chi connectivity index (χ0v) is 18.7. The molecule has 0 bridgehead atoms. The van der Waals surface area contributed by atoms with Gasteiger partial charge in [0.15, 0.2) is 0 Å². The van der Waals surface area contributed by atoms with Crippen LogP contribution in [0.25, 0.3) is 0 Å². The average molecular weight is 429 g/mol. The molecule has 1 fully saturated rings. The first-order valence-corrected chi connectivity index (χ1v) is 11.5. The molecular weight excluding hydrogens is 396 g/mol. The lowest BCUT2D eigenvalue weighted by Gasteiger charge is -2.32. The Labute approximate surface area is 191 Å². The fourth-order valence-corrected chi connectivity index (χ4v) is 4.24. The van der Waals surface area contributed by atoms with Crippen LogP contribution < -0.4 is 10.1 Å². The molecule has 1 heterocycles. The number of hydrogen-bond donors (Lipinski definition) is 1. The molecule has 4 nitrogen and oxygen atoms in total. The number of hydrogen-bond acceptors (Lipinski definition) is 3. The van der Waals surface area contributed by atoms with Gasteiger partial charge in [0.1, 0.15) is 12.4 Å². The Morgan fingerprint density at radius 2 is 1.59 bits per heavy atom. The Balaban J connectivity index is 1.24. The van der Waals surface area contributed by atoms with E-state index in [2.05, 4.69) is 59.6 Å². The lowest BCUT2D eigenvalue weighted by molar-refractivity contribution is -0.127. The lowest BCUT2D eigenvalue weighted by Crippen LogP contribution is -2.40. The van der Waals surface area contributed by atoms with Gasteiger partial charge in [-0.05, 0) is 61.7 Å². The Hall–Kier alpha value is -3.11. The fraction of sp³-hybridized carbons (Fsp3) is 0.321. The highest BCUT2D eigenvalue weighted by atomic mass is 16.5. The van der Waals surface area contributed by atoms with E-state index >= 15 is 0 Å². The van der Waals surface area contributed by atoms with Gasteiger partial charge in [-0.25, -0.2) is 0 Å². The maximum atomic E-state index is 12.7. The largest absolute Gasteiger partial charge is 0.489 e. The van der Waals surface area contributed by atoms with E-state index in [1.807, 2.05) is 42.5 Å². The summed E-state index contributed by atoms with van der Waals surface area (Å²) in [7, 11) is 0. The third-order valence-corrected chi connectivity index (χ3v) is 6.17. The first-order chi connectivity index (χ1) is 15.7. The standard InChI is InChI=1S/C28H32N2O2/c1-22(25-12-6-3-7-13-25)29-28(31)26-15-17-30(18-16-26)20-24-11-8-14-27(19-24)32-21-23-9-4-2-5-10-23/h2-14,19,22,26H,15-18,20-21H2,1H3,(H,29,31)/t22-/m1/s1. The molecule has 4 heteroatoms. The van der Waals surface area contributed by atoms with E-state index in [1.54, 1.807) is 0 Å². The van der Waals surface area contributed by atoms with Crippen molar-refractivity contribution >= 4 is 5.91 Å². The van der Waals surface area contributed by atoms with Crippen molar-refractivity contribution in [2.24, 2.45) is 5.92 Å². The van der Waals surface area contributed by atoms with Crippen molar-refractivity contribution in [3.8, 4) is 5.75 Å². The number of amides is 1. The highest BCUT2D eigenvalue weighted by Crippen LogP contribution is 2.22. The van der Waals surface area contributed by atoms with Crippen molar-refractivity contribution in [2.75, 3.05) is 13.1 Å². The van der Waals surface area contributed by atoms with Gasteiger partial charge >= 0.3 is 0 Å². The van der Waals surface area contributed by atoms with Crippen LogP contribution in [0.15, 0.2) is 84.9 Å². The average Bonchev–Trinajstić information content (AvgIpc) is 2.84. The van der Waals surface area contributed by atoms with Gasteiger partial charge in [0.2, 0.25) is 5.91 Å². The van der Waals surface area contributed by atoms with Gasteiger partial charge in [0.05, 0.1) is 6.04 Å². The van der Waals surface area contributed by atoms with Gasteiger partial charge < -0.3 is 10.1 Å². The number of nitrogens with zero attached hydrogens (tertiary/aromatic N) is 1. The molecule has 3 aromatic rings. The number of carbonyl (C=O) groups is 1. The van der Waals surface area contributed by atoms with E-state index < -0.39 is 0 Å². The predicted octanol–water partition coefficient (Wildman–Crippen LogP) is 5.36. The molecule has 1 atom stereocenters. The van der Waals surface area contributed by atoms with E-state index in [0.29, 0.717) is 6.61 Å². The minimum absolute atomic E-state index is 0.0420. The molecule has 0 aliphatic carbocycles. The van der Waals surface area contributed by atoms with Crippen LogP contribution in [0.2, 0.25) is 0 Å². The normalized spacial score (nSPS) is 15.8. The number of piperidine rings is 1. The maximum Gasteiger partial charge on any atom is 0.223 e. The number of nitrogens with one attached hydrogen (secondary N) is 1. The molecule has 0 unspecified atom stereocenters. The van der Waals surface area contributed by atoms with Crippen molar-refractivity contribution in [1.29, 1.82) is 0 Å². The molecule has 0 saturated carbocycles. The molecule has 1 aliphatic heterocycles. The number of likely N-dealkylation sites (tertiary alicyclic amines) is 1. The van der Waals surface area contributed by atoms with Gasteiger partial charge in [-0.3, -0.25) is 9.69 Å². The van der Waals surface area contributed by atoms with Crippen LogP contribution in [0.4, 0.5) is 0 Å². The molecule has 0 aromatic heterocycles. The third kappa shape index (κ3) is 6.21. The van der Waals surface area contributed by atoms with Gasteiger partial charge in [-0.1, -0.05) is 72.8 Å². The second-order valence-corrected chi connectivity index (χ2v) is 8.61. The van der Waals surface area contributed by atoms with Crippen molar-refractivity contribution < 1.29 is 9.53 Å². The summed E-state index contributed by atoms with van der Waals surface area (Å²) >= 11 is 0. The monoisotopic (exact) mass is 428 g/mol. The molecule has 3 aromatic carbocycles. The summed E-state index contributed by atoms with van der Waals surface area (Å²) in [4.78, 5) is 15.2. The van der Waals surface area contributed by atoms with Crippen molar-refractivity contribution in [2.45, 2.75) is 39.0 Å². The van der Waals surface area contributed by atoms with Crippen LogP contribution in [0.5, 0.6) is 5.75 Å². The summed E-state index contributed by atoms with van der Waals surface area (Å²) in [5.41, 5.74) is 3.56. The van der Waals surface area contributed by atoms with E-state index in [9.17, 15) is 4.79 Å². The van der Waals surface area contributed by atoms with Crippen LogP contribution in [0, 0.1) is 5.92 Å². The first-order valence-electron chi connectivity index (χ1n) is 11.5. The molecule has 1 aliphatic rings. The fourth-order valence-electron chi connectivity index (χ4n) is 4.24. The quantitative estimate of drug-likeness (QED) is 0.525. The summed E-state index contributed by atoms with van der Waals surface area (Å²) in [6, 6.07) is 28.8. The van der Waals surface area contributed by atoms with Crippen molar-refractivity contribution in [1.82, 2.24) is 10.2 Å². The van der Waals surface area contributed by atoms with Gasteiger partial charge in [0, 0.05) is 12.5 Å².